The van der Waals surface area contributed by atoms with Gasteiger partial charge in [0, 0.05) is 16.0 Å². The zero-order valence-electron chi connectivity index (χ0n) is 12.0. The molecular formula is C17H17NO2S. The van der Waals surface area contributed by atoms with E-state index in [-0.39, 0.29) is 5.75 Å². The van der Waals surface area contributed by atoms with Crippen molar-refractivity contribution in [1.29, 1.82) is 0 Å². The fourth-order valence-electron chi connectivity index (χ4n) is 2.46. The first kappa shape index (κ1) is 14.0. The quantitative estimate of drug-likeness (QED) is 0.876. The van der Waals surface area contributed by atoms with Crippen molar-refractivity contribution in [3.05, 3.63) is 59.7 Å². The SMILES string of the molecule is CSc1ccc([C@]2(C)COC(c3ccccc3)=N2)c(O)c1. The first-order valence-electron chi connectivity index (χ1n) is 6.78. The van der Waals surface area contributed by atoms with Crippen molar-refractivity contribution in [3.8, 4) is 5.75 Å². The van der Waals surface area contributed by atoms with E-state index in [1.165, 1.54) is 0 Å². The summed E-state index contributed by atoms with van der Waals surface area (Å²) in [4.78, 5) is 5.74. The van der Waals surface area contributed by atoms with Crippen LogP contribution in [-0.2, 0) is 10.3 Å². The lowest BCUT2D eigenvalue weighted by Gasteiger charge is -2.20. The number of hydrogen-bond donors (Lipinski definition) is 1. The number of benzene rings is 2. The van der Waals surface area contributed by atoms with Gasteiger partial charge in [-0.2, -0.15) is 0 Å². The fraction of sp³-hybridized carbons (Fsp3) is 0.235. The van der Waals surface area contributed by atoms with E-state index in [0.717, 1.165) is 16.0 Å². The van der Waals surface area contributed by atoms with E-state index in [9.17, 15) is 5.11 Å². The molecule has 1 aliphatic rings. The average Bonchev–Trinajstić information content (AvgIpc) is 2.91. The number of nitrogens with zero attached hydrogens (tertiary/aromatic N) is 1. The molecule has 0 aromatic heterocycles. The van der Waals surface area contributed by atoms with Crippen molar-refractivity contribution < 1.29 is 9.84 Å². The van der Waals surface area contributed by atoms with E-state index in [4.69, 9.17) is 9.73 Å². The number of aromatic hydroxyl groups is 1. The van der Waals surface area contributed by atoms with Crippen LogP contribution in [-0.4, -0.2) is 23.9 Å². The summed E-state index contributed by atoms with van der Waals surface area (Å²) in [5.41, 5.74) is 1.21. The van der Waals surface area contributed by atoms with Gasteiger partial charge in [0.15, 0.2) is 0 Å². The Bertz CT molecular complexity index is 684. The van der Waals surface area contributed by atoms with Crippen LogP contribution in [0.25, 0.3) is 0 Å². The number of rotatable bonds is 3. The van der Waals surface area contributed by atoms with Crippen LogP contribution in [0, 0.1) is 0 Å². The summed E-state index contributed by atoms with van der Waals surface area (Å²) in [5.74, 6) is 0.900. The Morgan fingerprint density at radius 2 is 1.95 bits per heavy atom. The van der Waals surface area contributed by atoms with Crippen molar-refractivity contribution in [2.45, 2.75) is 17.4 Å². The third-order valence-electron chi connectivity index (χ3n) is 3.64. The second kappa shape index (κ2) is 5.45. The Labute approximate surface area is 128 Å². The highest BCUT2D eigenvalue weighted by Crippen LogP contribution is 2.38. The van der Waals surface area contributed by atoms with Gasteiger partial charge in [-0.15, -0.1) is 11.8 Å². The maximum Gasteiger partial charge on any atom is 0.217 e. The van der Waals surface area contributed by atoms with Crippen molar-refractivity contribution in [1.82, 2.24) is 0 Å². The van der Waals surface area contributed by atoms with E-state index in [1.807, 2.05) is 55.6 Å². The summed E-state index contributed by atoms with van der Waals surface area (Å²) >= 11 is 1.60. The van der Waals surface area contributed by atoms with Gasteiger partial charge in [0.05, 0.1) is 0 Å². The highest BCUT2D eigenvalue weighted by molar-refractivity contribution is 7.98. The smallest absolute Gasteiger partial charge is 0.217 e. The van der Waals surface area contributed by atoms with Gasteiger partial charge >= 0.3 is 0 Å². The van der Waals surface area contributed by atoms with Crippen LogP contribution in [0.3, 0.4) is 0 Å². The molecule has 4 heteroatoms. The minimum atomic E-state index is -0.549. The second-order valence-electron chi connectivity index (χ2n) is 5.23. The first-order chi connectivity index (χ1) is 10.1. The summed E-state index contributed by atoms with van der Waals surface area (Å²) in [6, 6.07) is 15.5. The Hall–Kier alpha value is -1.94. The minimum absolute atomic E-state index is 0.269. The molecule has 0 spiro atoms. The summed E-state index contributed by atoms with van der Waals surface area (Å²) < 4.78 is 5.75. The number of thioether (sulfide) groups is 1. The zero-order chi connectivity index (χ0) is 14.9. The summed E-state index contributed by atoms with van der Waals surface area (Å²) in [7, 11) is 0. The largest absolute Gasteiger partial charge is 0.508 e. The summed E-state index contributed by atoms with van der Waals surface area (Å²) in [6.45, 7) is 2.42. The molecule has 21 heavy (non-hydrogen) atoms. The number of aliphatic imine (C=N–C) groups is 1. The third kappa shape index (κ3) is 2.63. The molecule has 0 bridgehead atoms. The van der Waals surface area contributed by atoms with Gasteiger partial charge < -0.3 is 9.84 Å². The van der Waals surface area contributed by atoms with Crippen molar-refractivity contribution >= 4 is 17.7 Å². The van der Waals surface area contributed by atoms with E-state index in [1.54, 1.807) is 17.8 Å². The zero-order valence-corrected chi connectivity index (χ0v) is 12.9. The molecule has 1 atom stereocenters. The Kier molecular flexibility index (Phi) is 3.64. The predicted octanol–water partition coefficient (Wildman–Crippen LogP) is 3.81. The van der Waals surface area contributed by atoms with Gasteiger partial charge in [-0.3, -0.25) is 0 Å². The summed E-state index contributed by atoms with van der Waals surface area (Å²) in [5, 5.41) is 10.3. The summed E-state index contributed by atoms with van der Waals surface area (Å²) in [6.07, 6.45) is 1.99. The Morgan fingerprint density at radius 3 is 2.62 bits per heavy atom. The standard InChI is InChI=1S/C17H17NO2S/c1-17(14-9-8-13(21-2)10-15(14)19)11-20-16(18-17)12-6-4-3-5-7-12/h3-10,19H,11H2,1-2H3/t17-/m0/s1. The van der Waals surface area contributed by atoms with Gasteiger partial charge in [-0.05, 0) is 37.4 Å². The molecule has 0 amide bonds. The molecule has 2 aromatic rings. The molecule has 0 fully saturated rings. The molecule has 0 aliphatic carbocycles. The second-order valence-corrected chi connectivity index (χ2v) is 6.11. The topological polar surface area (TPSA) is 41.8 Å². The predicted molar refractivity (Wildman–Crippen MR) is 86.2 cm³/mol. The fourth-order valence-corrected chi connectivity index (χ4v) is 2.89. The highest BCUT2D eigenvalue weighted by atomic mass is 32.2. The number of ether oxygens (including phenoxy) is 1. The van der Waals surface area contributed by atoms with Crippen LogP contribution in [0.5, 0.6) is 5.75 Å². The van der Waals surface area contributed by atoms with Crippen LogP contribution in [0.2, 0.25) is 0 Å². The van der Waals surface area contributed by atoms with Crippen LogP contribution in [0.15, 0.2) is 58.4 Å². The van der Waals surface area contributed by atoms with Crippen molar-refractivity contribution in [2.75, 3.05) is 12.9 Å². The number of hydrogen-bond acceptors (Lipinski definition) is 4. The molecule has 3 rings (SSSR count). The van der Waals surface area contributed by atoms with Crippen molar-refractivity contribution in [2.24, 2.45) is 4.99 Å². The average molecular weight is 299 g/mol. The van der Waals surface area contributed by atoms with Gasteiger partial charge in [0.25, 0.3) is 0 Å². The maximum absolute atomic E-state index is 10.3. The van der Waals surface area contributed by atoms with Gasteiger partial charge in [-0.1, -0.05) is 24.3 Å². The Morgan fingerprint density at radius 1 is 1.19 bits per heavy atom. The molecule has 2 aromatic carbocycles. The minimum Gasteiger partial charge on any atom is -0.508 e. The maximum atomic E-state index is 10.3. The normalized spacial score (nSPS) is 21.0. The van der Waals surface area contributed by atoms with Crippen LogP contribution in [0.1, 0.15) is 18.1 Å². The molecule has 0 saturated carbocycles. The van der Waals surface area contributed by atoms with E-state index in [2.05, 4.69) is 0 Å². The molecule has 1 aliphatic heterocycles. The van der Waals surface area contributed by atoms with Crippen LogP contribution in [0.4, 0.5) is 0 Å². The lowest BCUT2D eigenvalue weighted by atomic mass is 9.93. The van der Waals surface area contributed by atoms with Gasteiger partial charge in [0.1, 0.15) is 17.9 Å². The van der Waals surface area contributed by atoms with E-state index >= 15 is 0 Å². The number of phenols is 1. The van der Waals surface area contributed by atoms with E-state index in [0.29, 0.717) is 12.5 Å². The monoisotopic (exact) mass is 299 g/mol. The molecule has 0 radical (unpaired) electrons. The van der Waals surface area contributed by atoms with Crippen LogP contribution >= 0.6 is 11.8 Å². The lowest BCUT2D eigenvalue weighted by Crippen LogP contribution is -2.20. The van der Waals surface area contributed by atoms with Crippen molar-refractivity contribution in [3.63, 3.8) is 0 Å². The molecule has 1 heterocycles. The molecule has 3 nitrogen and oxygen atoms in total. The van der Waals surface area contributed by atoms with E-state index < -0.39 is 5.54 Å². The first-order valence-corrected chi connectivity index (χ1v) is 8.00. The lowest BCUT2D eigenvalue weighted by molar-refractivity contribution is 0.265. The highest BCUT2D eigenvalue weighted by Gasteiger charge is 2.36. The molecule has 108 valence electrons. The third-order valence-corrected chi connectivity index (χ3v) is 4.37. The molecule has 0 saturated heterocycles. The Balaban J connectivity index is 1.97. The van der Waals surface area contributed by atoms with Gasteiger partial charge in [-0.25, -0.2) is 4.99 Å². The molecule has 1 N–H and O–H groups in total. The number of phenolic OH excluding ortho intramolecular Hbond substituents is 1. The molecule has 0 unspecified atom stereocenters. The van der Waals surface area contributed by atoms with Gasteiger partial charge in [0.2, 0.25) is 5.90 Å². The molecular weight excluding hydrogens is 282 g/mol. The van der Waals surface area contributed by atoms with Crippen LogP contribution < -0.4 is 0 Å².